The number of carbonyl (C=O) groups is 1. The van der Waals surface area contributed by atoms with Gasteiger partial charge in [0.1, 0.15) is 5.41 Å². The maximum absolute atomic E-state index is 11.7. The Balaban J connectivity index is 1.94. The molecule has 0 saturated carbocycles. The third-order valence-corrected chi connectivity index (χ3v) is 3.27. The second kappa shape index (κ2) is 3.49. The molecule has 3 atom stereocenters. The molecule has 0 aliphatic carbocycles. The van der Waals surface area contributed by atoms with E-state index in [2.05, 4.69) is 5.32 Å². The normalized spacial score (nSPS) is 33.8. The molecule has 0 spiro atoms. The van der Waals surface area contributed by atoms with Crippen LogP contribution in [0.2, 0.25) is 0 Å². The van der Waals surface area contributed by atoms with Crippen LogP contribution >= 0.6 is 0 Å². The summed E-state index contributed by atoms with van der Waals surface area (Å²) in [7, 11) is 0. The van der Waals surface area contributed by atoms with Crippen LogP contribution in [0.1, 0.15) is 33.1 Å². The second-order valence-corrected chi connectivity index (χ2v) is 4.93. The average Bonchev–Trinajstić information content (AvgIpc) is 2.79. The molecule has 0 aromatic rings. The molecule has 2 heterocycles. The number of nitriles is 1. The van der Waals surface area contributed by atoms with Crippen molar-refractivity contribution in [3.05, 3.63) is 0 Å². The number of amides is 1. The molecule has 4 nitrogen and oxygen atoms in total. The highest BCUT2D eigenvalue weighted by atomic mass is 16.5. The molecule has 0 radical (unpaired) electrons. The molecule has 3 unspecified atom stereocenters. The van der Waals surface area contributed by atoms with Gasteiger partial charge in [0, 0.05) is 0 Å². The van der Waals surface area contributed by atoms with Crippen molar-refractivity contribution in [2.75, 3.05) is 0 Å². The van der Waals surface area contributed by atoms with Gasteiger partial charge in [0.15, 0.2) is 0 Å². The van der Waals surface area contributed by atoms with Crippen LogP contribution < -0.4 is 5.32 Å². The number of hydrogen-bond acceptors (Lipinski definition) is 3. The van der Waals surface area contributed by atoms with Crippen molar-refractivity contribution in [3.8, 4) is 6.07 Å². The molecule has 0 aromatic carbocycles. The van der Waals surface area contributed by atoms with E-state index < -0.39 is 5.41 Å². The van der Waals surface area contributed by atoms with Crippen molar-refractivity contribution in [2.45, 2.75) is 51.4 Å². The highest BCUT2D eigenvalue weighted by Crippen LogP contribution is 2.34. The van der Waals surface area contributed by atoms with Crippen molar-refractivity contribution < 1.29 is 9.53 Å². The van der Waals surface area contributed by atoms with Crippen molar-refractivity contribution >= 4 is 5.91 Å². The summed E-state index contributed by atoms with van der Waals surface area (Å²) in [6.45, 7) is 3.27. The van der Waals surface area contributed by atoms with E-state index in [0.717, 1.165) is 19.3 Å². The number of rotatable bonds is 2. The van der Waals surface area contributed by atoms with E-state index in [-0.39, 0.29) is 18.1 Å². The van der Waals surface area contributed by atoms with E-state index in [0.29, 0.717) is 6.10 Å². The fourth-order valence-corrected chi connectivity index (χ4v) is 2.19. The lowest BCUT2D eigenvalue weighted by Gasteiger charge is -2.23. The monoisotopic (exact) mass is 208 g/mol. The van der Waals surface area contributed by atoms with Gasteiger partial charge in [-0.3, -0.25) is 4.79 Å². The summed E-state index contributed by atoms with van der Waals surface area (Å²) in [5.41, 5.74) is -0.943. The number of carbonyl (C=O) groups excluding carboxylic acids is 1. The zero-order valence-electron chi connectivity index (χ0n) is 9.12. The van der Waals surface area contributed by atoms with Gasteiger partial charge in [0.05, 0.1) is 24.3 Å². The van der Waals surface area contributed by atoms with E-state index >= 15 is 0 Å². The molecule has 2 aliphatic heterocycles. The van der Waals surface area contributed by atoms with Crippen molar-refractivity contribution in [3.63, 3.8) is 0 Å². The third-order valence-electron chi connectivity index (χ3n) is 3.27. The Hall–Kier alpha value is -1.08. The quantitative estimate of drug-likeness (QED) is 0.735. The number of ether oxygens (including phenoxy) is 1. The molecule has 4 heteroatoms. The van der Waals surface area contributed by atoms with Gasteiger partial charge in [-0.1, -0.05) is 0 Å². The zero-order chi connectivity index (χ0) is 11.1. The zero-order valence-corrected chi connectivity index (χ0v) is 9.12. The first-order chi connectivity index (χ1) is 7.03. The SMILES string of the molecule is CC(C)(C#N)C(=O)NC1CC2CCC1O2. The Morgan fingerprint density at radius 2 is 2.27 bits per heavy atom. The third kappa shape index (κ3) is 1.84. The fourth-order valence-electron chi connectivity index (χ4n) is 2.19. The van der Waals surface area contributed by atoms with Gasteiger partial charge < -0.3 is 10.1 Å². The highest BCUT2D eigenvalue weighted by molar-refractivity contribution is 5.84. The molecule has 15 heavy (non-hydrogen) atoms. The van der Waals surface area contributed by atoms with Gasteiger partial charge in [0.25, 0.3) is 0 Å². The second-order valence-electron chi connectivity index (χ2n) is 4.93. The summed E-state index contributed by atoms with van der Waals surface area (Å²) < 4.78 is 5.63. The van der Waals surface area contributed by atoms with Crippen molar-refractivity contribution in [2.24, 2.45) is 5.41 Å². The van der Waals surface area contributed by atoms with Gasteiger partial charge in [-0.15, -0.1) is 0 Å². The van der Waals surface area contributed by atoms with Gasteiger partial charge in [0.2, 0.25) is 5.91 Å². The summed E-state index contributed by atoms with van der Waals surface area (Å²) in [5.74, 6) is -0.189. The number of nitrogens with zero attached hydrogens (tertiary/aromatic N) is 1. The van der Waals surface area contributed by atoms with E-state index in [1.807, 2.05) is 6.07 Å². The minimum absolute atomic E-state index is 0.115. The topological polar surface area (TPSA) is 62.1 Å². The Labute approximate surface area is 89.6 Å². The summed E-state index contributed by atoms with van der Waals surface area (Å²) in [6.07, 6.45) is 3.54. The molecule has 2 bridgehead atoms. The van der Waals surface area contributed by atoms with Crippen molar-refractivity contribution in [1.82, 2.24) is 5.32 Å². The summed E-state index contributed by atoms with van der Waals surface area (Å²) in [5, 5.41) is 11.7. The first-order valence-electron chi connectivity index (χ1n) is 5.40. The maximum atomic E-state index is 11.7. The highest BCUT2D eigenvalue weighted by Gasteiger charge is 2.42. The first kappa shape index (κ1) is 10.4. The van der Waals surface area contributed by atoms with Crippen LogP contribution in [0.4, 0.5) is 0 Å². The van der Waals surface area contributed by atoms with Crippen LogP contribution in [0.15, 0.2) is 0 Å². The van der Waals surface area contributed by atoms with Crippen LogP contribution in [-0.2, 0) is 9.53 Å². The van der Waals surface area contributed by atoms with Crippen LogP contribution in [-0.4, -0.2) is 24.2 Å². The Morgan fingerprint density at radius 1 is 1.53 bits per heavy atom. The average molecular weight is 208 g/mol. The minimum Gasteiger partial charge on any atom is -0.373 e. The molecule has 0 aromatic heterocycles. The summed E-state index contributed by atoms with van der Waals surface area (Å²) in [6, 6.07) is 2.12. The molecule has 82 valence electrons. The predicted molar refractivity (Wildman–Crippen MR) is 53.8 cm³/mol. The maximum Gasteiger partial charge on any atom is 0.240 e. The Bertz CT molecular complexity index is 319. The smallest absolute Gasteiger partial charge is 0.240 e. The van der Waals surface area contributed by atoms with Crippen LogP contribution in [0.3, 0.4) is 0 Å². The molecule has 2 saturated heterocycles. The fraction of sp³-hybridized carbons (Fsp3) is 0.818. The van der Waals surface area contributed by atoms with Gasteiger partial charge in [-0.25, -0.2) is 0 Å². The molecule has 2 fully saturated rings. The van der Waals surface area contributed by atoms with Crippen LogP contribution in [0.5, 0.6) is 0 Å². The summed E-state index contributed by atoms with van der Waals surface area (Å²) in [4.78, 5) is 11.7. The molecule has 1 amide bonds. The largest absolute Gasteiger partial charge is 0.373 e. The molecule has 1 N–H and O–H groups in total. The lowest BCUT2D eigenvalue weighted by molar-refractivity contribution is -0.127. The minimum atomic E-state index is -0.943. The predicted octanol–water partition coefficient (Wildman–Crippen LogP) is 0.972. The van der Waals surface area contributed by atoms with E-state index in [9.17, 15) is 4.79 Å². The Morgan fingerprint density at radius 3 is 2.73 bits per heavy atom. The van der Waals surface area contributed by atoms with Crippen LogP contribution in [0.25, 0.3) is 0 Å². The van der Waals surface area contributed by atoms with Gasteiger partial charge in [-0.05, 0) is 33.1 Å². The summed E-state index contributed by atoms with van der Waals surface area (Å²) >= 11 is 0. The molecular weight excluding hydrogens is 192 g/mol. The van der Waals surface area contributed by atoms with Gasteiger partial charge >= 0.3 is 0 Å². The number of fused-ring (bicyclic) bond motifs is 2. The van der Waals surface area contributed by atoms with E-state index in [4.69, 9.17) is 10.00 Å². The standard InChI is InChI=1S/C11H16N2O2/c1-11(2,6-12)10(14)13-8-5-7-3-4-9(8)15-7/h7-9H,3-5H2,1-2H3,(H,13,14). The lowest BCUT2D eigenvalue weighted by atomic mass is 9.91. The van der Waals surface area contributed by atoms with Crippen LogP contribution in [0, 0.1) is 16.7 Å². The first-order valence-corrected chi connectivity index (χ1v) is 5.40. The van der Waals surface area contributed by atoms with Crippen molar-refractivity contribution in [1.29, 1.82) is 5.26 Å². The molecule has 2 rings (SSSR count). The van der Waals surface area contributed by atoms with E-state index in [1.165, 1.54) is 0 Å². The molecular formula is C11H16N2O2. The van der Waals surface area contributed by atoms with E-state index in [1.54, 1.807) is 13.8 Å². The molecule has 2 aliphatic rings. The Kier molecular flexibility index (Phi) is 2.43. The number of hydrogen-bond donors (Lipinski definition) is 1. The van der Waals surface area contributed by atoms with Gasteiger partial charge in [-0.2, -0.15) is 5.26 Å². The number of nitrogens with one attached hydrogen (secondary N) is 1. The lowest BCUT2D eigenvalue weighted by Crippen LogP contribution is -2.46.